The largest absolute Gasteiger partial charge is 0.487 e. The van der Waals surface area contributed by atoms with E-state index in [4.69, 9.17) is 4.74 Å². The van der Waals surface area contributed by atoms with Crippen LogP contribution in [0.25, 0.3) is 11.4 Å². The van der Waals surface area contributed by atoms with Gasteiger partial charge in [0.2, 0.25) is 5.12 Å². The van der Waals surface area contributed by atoms with Crippen molar-refractivity contribution in [2.75, 3.05) is 16.6 Å². The molecular formula is C26H25F3N4O5S2. The Hall–Kier alpha value is -3.78. The van der Waals surface area contributed by atoms with Crippen LogP contribution < -0.4 is 14.8 Å². The van der Waals surface area contributed by atoms with Crippen molar-refractivity contribution in [1.29, 1.82) is 0 Å². The number of halogens is 3. The molecule has 5 rings (SSSR count). The molecule has 0 atom stereocenters. The molecule has 4 aromatic rings. The molecule has 0 spiro atoms. The van der Waals surface area contributed by atoms with Gasteiger partial charge in [-0.15, -0.1) is 11.3 Å². The summed E-state index contributed by atoms with van der Waals surface area (Å²) in [6.45, 7) is 5.44. The molecule has 0 amide bonds. The molecule has 1 N–H and O–H groups in total. The van der Waals surface area contributed by atoms with Gasteiger partial charge in [-0.3, -0.25) is 18.6 Å². The molecule has 40 heavy (non-hydrogen) atoms. The van der Waals surface area contributed by atoms with Crippen LogP contribution in [0.2, 0.25) is 0 Å². The Labute approximate surface area is 230 Å². The zero-order chi connectivity index (χ0) is 28.9. The van der Waals surface area contributed by atoms with Crippen LogP contribution in [0.5, 0.6) is 5.75 Å². The van der Waals surface area contributed by atoms with E-state index in [-0.39, 0.29) is 46.4 Å². The lowest BCUT2D eigenvalue weighted by Gasteiger charge is -2.38. The van der Waals surface area contributed by atoms with Crippen molar-refractivity contribution in [1.82, 2.24) is 15.1 Å². The molecule has 0 saturated carbocycles. The fourth-order valence-electron chi connectivity index (χ4n) is 4.25. The second kappa shape index (κ2) is 9.70. The molecule has 1 saturated heterocycles. The lowest BCUT2D eigenvalue weighted by atomic mass is 10.1. The molecule has 0 unspecified atom stereocenters. The standard InChI is InChI=1S/C26H25F3N4O5S2/c1-15(2)11-33(40(36,14-22(40)34)25-30-16(3)13-39-25)20-9-8-19(26(27,28)29)10-21(20)37-12-17-4-6-18(7-5-17)23-31-24(35)38-32-23/h4-10,13,15H,11-12,14H2,1-3H3,(H,31,32,35). The number of H-pyrrole nitrogens is 1. The molecule has 1 aliphatic rings. The molecule has 3 heterocycles. The van der Waals surface area contributed by atoms with Gasteiger partial charge in [0.1, 0.15) is 18.1 Å². The molecule has 212 valence electrons. The van der Waals surface area contributed by atoms with Gasteiger partial charge in [-0.2, -0.15) is 13.2 Å². The van der Waals surface area contributed by atoms with Gasteiger partial charge in [0, 0.05) is 23.2 Å². The van der Waals surface area contributed by atoms with Crippen LogP contribution in [0.15, 0.2) is 61.5 Å². The predicted molar refractivity (Wildman–Crippen MR) is 144 cm³/mol. The summed E-state index contributed by atoms with van der Waals surface area (Å²) in [5, 5.41) is 4.81. The Morgan fingerprint density at radius 2 is 1.88 bits per heavy atom. The van der Waals surface area contributed by atoms with E-state index in [2.05, 4.69) is 19.6 Å². The fourth-order valence-corrected chi connectivity index (χ4v) is 9.71. The van der Waals surface area contributed by atoms with Crippen LogP contribution >= 0.6 is 11.3 Å². The topological polar surface area (TPSA) is 118 Å². The van der Waals surface area contributed by atoms with Gasteiger partial charge in [0.25, 0.3) is 0 Å². The molecule has 2 aromatic carbocycles. The van der Waals surface area contributed by atoms with Gasteiger partial charge < -0.3 is 4.74 Å². The van der Waals surface area contributed by atoms with Crippen molar-refractivity contribution in [2.24, 2.45) is 5.92 Å². The normalized spacial score (nSPS) is 16.9. The van der Waals surface area contributed by atoms with Crippen LogP contribution in [0.3, 0.4) is 0 Å². The minimum Gasteiger partial charge on any atom is -0.487 e. The van der Waals surface area contributed by atoms with Crippen molar-refractivity contribution in [3.8, 4) is 17.1 Å². The molecule has 9 nitrogen and oxygen atoms in total. The maximum atomic E-state index is 14.8. The predicted octanol–water partition coefficient (Wildman–Crippen LogP) is 5.19. The lowest BCUT2D eigenvalue weighted by Crippen LogP contribution is -2.44. The summed E-state index contributed by atoms with van der Waals surface area (Å²) in [5.41, 5.74) is 0.936. The number of anilines is 1. The Kier molecular flexibility index (Phi) is 6.73. The quantitative estimate of drug-likeness (QED) is 0.265. The van der Waals surface area contributed by atoms with E-state index in [1.54, 1.807) is 36.6 Å². The molecule has 0 bridgehead atoms. The zero-order valence-electron chi connectivity index (χ0n) is 21.7. The summed E-state index contributed by atoms with van der Waals surface area (Å²) in [4.78, 5) is 31.0. The second-order valence-corrected chi connectivity index (χ2v) is 14.7. The SMILES string of the molecule is Cc1csc(S2(=O)(N(CC(C)C)c3ccc(C(F)(F)F)cc3OCc3ccc(-c4noc(=O)[nH]4)cc3)CC2=O)n1. The molecule has 14 heteroatoms. The highest BCUT2D eigenvalue weighted by Crippen LogP contribution is 2.56. The molecule has 0 aliphatic carbocycles. The monoisotopic (exact) mass is 594 g/mol. The van der Waals surface area contributed by atoms with Gasteiger partial charge in [0.05, 0.1) is 20.5 Å². The van der Waals surface area contributed by atoms with Crippen molar-refractivity contribution in [3.63, 3.8) is 0 Å². The van der Waals surface area contributed by atoms with E-state index in [0.29, 0.717) is 16.8 Å². The summed E-state index contributed by atoms with van der Waals surface area (Å²) < 4.78 is 67.9. The average Bonchev–Trinajstić information content (AvgIpc) is 3.24. The summed E-state index contributed by atoms with van der Waals surface area (Å²) in [5.74, 6) is -1.00. The summed E-state index contributed by atoms with van der Waals surface area (Å²) in [7, 11) is -4.33. The van der Waals surface area contributed by atoms with Gasteiger partial charge in [-0.25, -0.2) is 14.0 Å². The van der Waals surface area contributed by atoms with Crippen molar-refractivity contribution < 1.29 is 31.4 Å². The molecule has 1 fully saturated rings. The van der Waals surface area contributed by atoms with Crippen molar-refractivity contribution in [3.05, 3.63) is 75.2 Å². The van der Waals surface area contributed by atoms with Gasteiger partial charge in [0.15, 0.2) is 10.2 Å². The van der Waals surface area contributed by atoms with Crippen LogP contribution in [0, 0.1) is 12.8 Å². The van der Waals surface area contributed by atoms with Crippen LogP contribution in [-0.2, 0) is 26.8 Å². The number of hydrogen-bond donors (Lipinski definition) is 1. The minimum absolute atomic E-state index is 0.0953. The first kappa shape index (κ1) is 27.8. The summed E-state index contributed by atoms with van der Waals surface area (Å²) >= 11 is 1.10. The maximum Gasteiger partial charge on any atom is 0.439 e. The third-order valence-corrected chi connectivity index (χ3v) is 12.0. The molecule has 2 aromatic heterocycles. The molecule has 0 radical (unpaired) electrons. The fraction of sp³-hybridized carbons (Fsp3) is 0.308. The number of nitrogens with zero attached hydrogens (tertiary/aromatic N) is 3. The number of aryl methyl sites for hydroxylation is 1. The number of aromatic amines is 1. The Bertz CT molecular complexity index is 1710. The van der Waals surface area contributed by atoms with Crippen LogP contribution in [-0.4, -0.2) is 36.7 Å². The van der Waals surface area contributed by atoms with Gasteiger partial charge >= 0.3 is 11.9 Å². The first-order chi connectivity index (χ1) is 18.8. The third kappa shape index (κ3) is 4.85. The minimum atomic E-state index is -4.65. The van der Waals surface area contributed by atoms with Crippen molar-refractivity contribution >= 4 is 31.4 Å². The zero-order valence-corrected chi connectivity index (χ0v) is 23.3. The van der Waals surface area contributed by atoms with E-state index >= 15 is 0 Å². The highest BCUT2D eigenvalue weighted by atomic mass is 32.3. The molecule has 1 aliphatic heterocycles. The second-order valence-electron chi connectivity index (χ2n) is 9.90. The number of rotatable bonds is 9. The Balaban J connectivity index is 1.54. The van der Waals surface area contributed by atoms with E-state index in [1.165, 1.54) is 10.4 Å². The maximum absolute atomic E-state index is 14.8. The number of nitrogens with one attached hydrogen (secondary N) is 1. The number of aromatic nitrogens is 3. The van der Waals surface area contributed by atoms with Gasteiger partial charge in [-0.1, -0.05) is 43.3 Å². The van der Waals surface area contributed by atoms with Crippen LogP contribution in [0.4, 0.5) is 18.9 Å². The number of thiazole rings is 1. The van der Waals surface area contributed by atoms with Crippen molar-refractivity contribution in [2.45, 2.75) is 37.9 Å². The number of carbonyl (C=O) groups is 1. The van der Waals surface area contributed by atoms with E-state index in [0.717, 1.165) is 23.5 Å². The van der Waals surface area contributed by atoms with E-state index in [9.17, 15) is 27.0 Å². The first-order valence-electron chi connectivity index (χ1n) is 12.2. The summed E-state index contributed by atoms with van der Waals surface area (Å²) in [6.07, 6.45) is -4.65. The van der Waals surface area contributed by atoms with Crippen LogP contribution in [0.1, 0.15) is 30.7 Å². The first-order valence-corrected chi connectivity index (χ1v) is 15.1. The average molecular weight is 595 g/mol. The lowest BCUT2D eigenvalue weighted by molar-refractivity contribution is -0.137. The number of carbonyl (C=O) groups excluding carboxylic acids is 1. The highest BCUT2D eigenvalue weighted by molar-refractivity contribution is 8.43. The number of ether oxygens (including phenoxy) is 1. The van der Waals surface area contributed by atoms with E-state index < -0.39 is 31.9 Å². The smallest absolute Gasteiger partial charge is 0.439 e. The highest BCUT2D eigenvalue weighted by Gasteiger charge is 2.69. The number of benzene rings is 2. The Morgan fingerprint density at radius 3 is 2.40 bits per heavy atom. The Morgan fingerprint density at radius 1 is 1.18 bits per heavy atom. The van der Waals surface area contributed by atoms with E-state index in [1.807, 2.05) is 13.8 Å². The number of alkyl halides is 3. The number of hydrogen-bond acceptors (Lipinski definition) is 8. The molecular weight excluding hydrogens is 569 g/mol. The third-order valence-electron chi connectivity index (χ3n) is 6.34. The summed E-state index contributed by atoms with van der Waals surface area (Å²) in [6, 6.07) is 9.57. The van der Waals surface area contributed by atoms with Gasteiger partial charge in [-0.05, 0) is 36.6 Å².